The average molecular weight is 265 g/mol. The van der Waals surface area contributed by atoms with Crippen LogP contribution in [0, 0.1) is 0 Å². The molecule has 1 rings (SSSR count). The molecule has 0 aliphatic heterocycles. The molecule has 0 bridgehead atoms. The summed E-state index contributed by atoms with van der Waals surface area (Å²) in [5.74, 6) is 0. The molecule has 0 amide bonds. The van der Waals surface area contributed by atoms with Crippen molar-refractivity contribution in [3.05, 3.63) is 11.8 Å². The van der Waals surface area contributed by atoms with Gasteiger partial charge in [-0.2, -0.15) is 5.10 Å². The van der Waals surface area contributed by atoms with Gasteiger partial charge in [0.2, 0.25) is 9.84 Å². The molecule has 1 N–H and O–H groups in total. The molecular weight excluding hydrogens is 261 g/mol. The minimum atomic E-state index is -4.13. The summed E-state index contributed by atoms with van der Waals surface area (Å²) in [5.41, 5.74) is -0.465. The van der Waals surface area contributed by atoms with E-state index in [1.54, 1.807) is 0 Å². The lowest BCUT2D eigenvalue weighted by Crippen LogP contribution is -2.03. The van der Waals surface area contributed by atoms with Gasteiger partial charge in [-0.05, 0) is 0 Å². The van der Waals surface area contributed by atoms with Crippen molar-refractivity contribution in [2.45, 2.75) is 9.61 Å². The Kier molecular flexibility index (Phi) is 3.03. The van der Waals surface area contributed by atoms with Gasteiger partial charge in [-0.3, -0.25) is 5.10 Å². The number of aromatic nitrogens is 2. The Morgan fingerprint density at radius 3 is 2.50 bits per heavy atom. The van der Waals surface area contributed by atoms with Crippen molar-refractivity contribution in [1.82, 2.24) is 10.2 Å². The van der Waals surface area contributed by atoms with E-state index in [1.807, 2.05) is 5.10 Å². The second-order valence-electron chi connectivity index (χ2n) is 2.34. The van der Waals surface area contributed by atoms with Crippen molar-refractivity contribution < 1.29 is 17.2 Å². The zero-order chi connectivity index (χ0) is 11.0. The normalized spacial score (nSPS) is 13.1. The molecule has 0 unspecified atom stereocenters. The van der Waals surface area contributed by atoms with Crippen LogP contribution in [0.25, 0.3) is 0 Å². The van der Waals surface area contributed by atoms with E-state index in [1.165, 1.54) is 0 Å². The zero-order valence-corrected chi connectivity index (χ0v) is 8.80. The lowest BCUT2D eigenvalue weighted by molar-refractivity contribution is 0.396. The molecule has 1 heterocycles. The summed E-state index contributed by atoms with van der Waals surface area (Å²) in [6.45, 7) is 0. The van der Waals surface area contributed by atoms with Gasteiger partial charge in [0.05, 0.1) is 0 Å². The van der Waals surface area contributed by atoms with Crippen LogP contribution in [-0.4, -0.2) is 24.6 Å². The van der Waals surface area contributed by atoms with E-state index in [4.69, 9.17) is 23.2 Å². The molecule has 0 radical (unpaired) electrons. The number of rotatable bonds is 3. The molecule has 0 saturated heterocycles. The summed E-state index contributed by atoms with van der Waals surface area (Å²) in [6.07, 6.45) is 0. The minimum absolute atomic E-state index is 0.465. The van der Waals surface area contributed by atoms with Gasteiger partial charge in [-0.15, -0.1) is 0 Å². The van der Waals surface area contributed by atoms with Gasteiger partial charge in [-0.1, -0.05) is 23.2 Å². The van der Waals surface area contributed by atoms with Crippen molar-refractivity contribution in [3.63, 3.8) is 0 Å². The predicted octanol–water partition coefficient (Wildman–Crippen LogP) is 1.67. The van der Waals surface area contributed by atoms with Crippen LogP contribution in [0.4, 0.5) is 8.78 Å². The number of sulfone groups is 1. The van der Waals surface area contributed by atoms with E-state index >= 15 is 0 Å². The first kappa shape index (κ1) is 11.7. The van der Waals surface area contributed by atoms with Gasteiger partial charge in [0.15, 0.2) is 11.0 Å². The highest BCUT2D eigenvalue weighted by Gasteiger charge is 2.30. The number of halogens is 4. The summed E-state index contributed by atoms with van der Waals surface area (Å²) in [5, 5.41) is 4.47. The summed E-state index contributed by atoms with van der Waals surface area (Å²) in [6, 6.07) is -0.893. The van der Waals surface area contributed by atoms with Gasteiger partial charge in [0.1, 0.15) is 5.69 Å². The molecule has 0 spiro atoms. The first-order valence-electron chi connectivity index (χ1n) is 3.18. The highest BCUT2D eigenvalue weighted by molar-refractivity contribution is 7.91. The van der Waals surface area contributed by atoms with Crippen LogP contribution < -0.4 is 0 Å². The fourth-order valence-corrected chi connectivity index (χ4v) is 1.45. The van der Waals surface area contributed by atoms with E-state index in [9.17, 15) is 17.2 Å². The summed E-state index contributed by atoms with van der Waals surface area (Å²) in [4.78, 5) is 0. The Labute approximate surface area is 88.1 Å². The number of hydrogen-bond donors (Lipinski definition) is 1. The Bertz CT molecular complexity index is 425. The third kappa shape index (κ3) is 2.34. The van der Waals surface area contributed by atoms with E-state index in [0.717, 1.165) is 6.07 Å². The maximum atomic E-state index is 12.8. The Morgan fingerprint density at radius 2 is 2.14 bits per heavy atom. The number of hydrogen-bond acceptors (Lipinski definition) is 3. The number of nitrogens with one attached hydrogen (secondary N) is 1. The van der Waals surface area contributed by atoms with Crippen LogP contribution in [-0.2, 0) is 14.4 Å². The minimum Gasteiger partial charge on any atom is -0.275 e. The number of H-pyrrole nitrogens is 1. The molecule has 1 aromatic rings. The van der Waals surface area contributed by atoms with Gasteiger partial charge >= 0.3 is 0 Å². The van der Waals surface area contributed by atoms with Crippen molar-refractivity contribution in [2.75, 3.05) is 6.01 Å². The molecular formula is C5H4Cl2F2N2O2S. The maximum absolute atomic E-state index is 12.8. The highest BCUT2D eigenvalue weighted by atomic mass is 35.5. The number of alkyl halides is 4. The van der Waals surface area contributed by atoms with E-state index in [0.29, 0.717) is 0 Å². The lowest BCUT2D eigenvalue weighted by Gasteiger charge is -2.03. The summed E-state index contributed by atoms with van der Waals surface area (Å²) >= 11 is 10.0. The average Bonchev–Trinajstić information content (AvgIpc) is 2.51. The second-order valence-corrected chi connectivity index (χ2v) is 5.44. The van der Waals surface area contributed by atoms with E-state index < -0.39 is 31.2 Å². The van der Waals surface area contributed by atoms with Crippen LogP contribution >= 0.6 is 23.2 Å². The standard InChI is InChI=1S/C5H4Cl2F2N2O2S/c6-5(7,9)3-1-4(11-10-3)14(12,13)2-8/h1H,2H2,(H,10,11). The van der Waals surface area contributed by atoms with Gasteiger partial charge in [0.25, 0.3) is 4.59 Å². The van der Waals surface area contributed by atoms with Crippen molar-refractivity contribution in [3.8, 4) is 0 Å². The SMILES string of the molecule is O=S(=O)(CF)c1cc(C(F)(Cl)Cl)[nH]n1. The third-order valence-electron chi connectivity index (χ3n) is 1.32. The van der Waals surface area contributed by atoms with Crippen LogP contribution in [0.3, 0.4) is 0 Å². The summed E-state index contributed by atoms with van der Waals surface area (Å²) < 4.78 is 43.7. The van der Waals surface area contributed by atoms with Crippen LogP contribution in [0.2, 0.25) is 0 Å². The highest BCUT2D eigenvalue weighted by Crippen LogP contribution is 2.34. The van der Waals surface area contributed by atoms with Gasteiger partial charge in [-0.25, -0.2) is 17.2 Å². The van der Waals surface area contributed by atoms with Crippen LogP contribution in [0.5, 0.6) is 0 Å². The van der Waals surface area contributed by atoms with E-state index in [-0.39, 0.29) is 0 Å². The molecule has 9 heteroatoms. The molecule has 14 heavy (non-hydrogen) atoms. The third-order valence-corrected chi connectivity index (χ3v) is 2.86. The van der Waals surface area contributed by atoms with Crippen LogP contribution in [0.1, 0.15) is 5.69 Å². The molecule has 0 aromatic carbocycles. The molecule has 0 saturated carbocycles. The molecule has 0 aliphatic rings. The molecule has 0 atom stereocenters. The topological polar surface area (TPSA) is 62.8 Å². The lowest BCUT2D eigenvalue weighted by atomic mass is 10.5. The van der Waals surface area contributed by atoms with Gasteiger partial charge in [0, 0.05) is 6.07 Å². The van der Waals surface area contributed by atoms with Crippen LogP contribution in [0.15, 0.2) is 11.1 Å². The van der Waals surface area contributed by atoms with Crippen molar-refractivity contribution in [2.24, 2.45) is 0 Å². The fourth-order valence-electron chi connectivity index (χ4n) is 0.664. The Balaban J connectivity index is 3.13. The maximum Gasteiger partial charge on any atom is 0.299 e. The Hall–Kier alpha value is -0.400. The quantitative estimate of drug-likeness (QED) is 0.845. The monoisotopic (exact) mass is 264 g/mol. The zero-order valence-electron chi connectivity index (χ0n) is 6.47. The smallest absolute Gasteiger partial charge is 0.275 e. The van der Waals surface area contributed by atoms with Crippen molar-refractivity contribution >= 4 is 33.0 Å². The molecule has 4 nitrogen and oxygen atoms in total. The molecule has 0 fully saturated rings. The Morgan fingerprint density at radius 1 is 1.57 bits per heavy atom. The van der Waals surface area contributed by atoms with Crippen molar-refractivity contribution in [1.29, 1.82) is 0 Å². The van der Waals surface area contributed by atoms with E-state index in [2.05, 4.69) is 5.10 Å². The largest absolute Gasteiger partial charge is 0.299 e. The second kappa shape index (κ2) is 3.63. The number of aromatic amines is 1. The fraction of sp³-hybridized carbons (Fsp3) is 0.400. The summed E-state index contributed by atoms with van der Waals surface area (Å²) in [7, 11) is -4.13. The predicted molar refractivity (Wildman–Crippen MR) is 46.2 cm³/mol. The first-order chi connectivity index (χ1) is 6.27. The molecule has 1 aromatic heterocycles. The molecule has 80 valence electrons. The number of nitrogens with zero attached hydrogens (tertiary/aromatic N) is 1. The molecule has 0 aliphatic carbocycles. The van der Waals surface area contributed by atoms with Gasteiger partial charge < -0.3 is 0 Å². The first-order valence-corrected chi connectivity index (χ1v) is 5.59.